The molecule has 0 unspecified atom stereocenters. The number of nitrogens with zero attached hydrogens (tertiary/aromatic N) is 6. The van der Waals surface area contributed by atoms with E-state index in [-0.39, 0.29) is 11.9 Å². The Balaban J connectivity index is 1.54. The van der Waals surface area contributed by atoms with Gasteiger partial charge in [0.2, 0.25) is 0 Å². The van der Waals surface area contributed by atoms with Crippen LogP contribution < -0.4 is 0 Å². The molecule has 0 fully saturated rings. The number of fused-ring (bicyclic) bond motifs is 2. The third kappa shape index (κ3) is 3.20. The summed E-state index contributed by atoms with van der Waals surface area (Å²) in [6.07, 6.45) is 2.38. The lowest BCUT2D eigenvalue weighted by Gasteiger charge is -2.32. The fraction of sp³-hybridized carbons (Fsp3) is 0.273. The van der Waals surface area contributed by atoms with Crippen molar-refractivity contribution in [2.75, 3.05) is 6.54 Å². The lowest BCUT2D eigenvalue weighted by Crippen LogP contribution is -2.39. The smallest absolute Gasteiger partial charge is 0.275 e. The molecule has 1 aromatic carbocycles. The van der Waals surface area contributed by atoms with Crippen LogP contribution in [0.5, 0.6) is 0 Å². The summed E-state index contributed by atoms with van der Waals surface area (Å²) in [5, 5.41) is 11.1. The van der Waals surface area contributed by atoms with Gasteiger partial charge in [-0.15, -0.1) is 0 Å². The van der Waals surface area contributed by atoms with Gasteiger partial charge >= 0.3 is 0 Å². The van der Waals surface area contributed by atoms with E-state index in [9.17, 15) is 4.79 Å². The van der Waals surface area contributed by atoms with Crippen molar-refractivity contribution < 1.29 is 4.79 Å². The maximum Gasteiger partial charge on any atom is 0.275 e. The monoisotopic (exact) mass is 454 g/mol. The fourth-order valence-electron chi connectivity index (χ4n) is 4.46. The van der Waals surface area contributed by atoms with Gasteiger partial charge in [0.05, 0.1) is 22.8 Å². The highest BCUT2D eigenvalue weighted by Crippen LogP contribution is 2.37. The lowest BCUT2D eigenvalue weighted by atomic mass is 9.95. The summed E-state index contributed by atoms with van der Waals surface area (Å²) in [5.41, 5.74) is 5.00. The lowest BCUT2D eigenvalue weighted by molar-refractivity contribution is 0.0668. The average Bonchev–Trinajstić information content (AvgIpc) is 3.25. The molecule has 1 aliphatic rings. The Morgan fingerprint density at radius 1 is 1.10 bits per heavy atom. The highest BCUT2D eigenvalue weighted by atomic mass is 35.5. The van der Waals surface area contributed by atoms with Crippen molar-refractivity contribution >= 4 is 40.1 Å². The summed E-state index contributed by atoms with van der Waals surface area (Å²) in [6, 6.07) is 8.99. The molecule has 7 nitrogen and oxygen atoms in total. The van der Waals surface area contributed by atoms with E-state index in [1.165, 1.54) is 0 Å². The van der Waals surface area contributed by atoms with Crippen LogP contribution in [0, 0.1) is 0 Å². The number of carbonyl (C=O) groups excluding carboxylic acids is 1. The minimum absolute atomic E-state index is 0.116. The molecule has 31 heavy (non-hydrogen) atoms. The van der Waals surface area contributed by atoms with E-state index in [4.69, 9.17) is 28.3 Å². The van der Waals surface area contributed by atoms with Gasteiger partial charge in [-0.1, -0.05) is 23.2 Å². The van der Waals surface area contributed by atoms with Gasteiger partial charge in [-0.05, 0) is 43.7 Å². The second-order valence-corrected chi connectivity index (χ2v) is 8.64. The second-order valence-electron chi connectivity index (χ2n) is 7.77. The van der Waals surface area contributed by atoms with Crippen molar-refractivity contribution in [1.29, 1.82) is 0 Å². The zero-order chi connectivity index (χ0) is 21.9. The molecule has 0 saturated carbocycles. The third-order valence-electron chi connectivity index (χ3n) is 5.84. The van der Waals surface area contributed by atoms with Gasteiger partial charge in [-0.2, -0.15) is 10.2 Å². The summed E-state index contributed by atoms with van der Waals surface area (Å²) in [4.78, 5) is 19.6. The van der Waals surface area contributed by atoms with Crippen LogP contribution in [-0.4, -0.2) is 41.9 Å². The van der Waals surface area contributed by atoms with E-state index < -0.39 is 0 Å². The SMILES string of the molecule is C[C@H]1c2nn(C)c(-c3cc(Cl)cc(Cl)c3)c2CCN1C(=O)c1nn(C)c2ncccc12. The minimum Gasteiger partial charge on any atom is -0.328 e. The van der Waals surface area contributed by atoms with Gasteiger partial charge in [0.1, 0.15) is 0 Å². The molecule has 0 spiro atoms. The number of rotatable bonds is 2. The van der Waals surface area contributed by atoms with Crippen LogP contribution in [0.25, 0.3) is 22.3 Å². The third-order valence-corrected chi connectivity index (χ3v) is 6.28. The number of carbonyl (C=O) groups is 1. The van der Waals surface area contributed by atoms with Gasteiger partial charge in [0, 0.05) is 48.0 Å². The summed E-state index contributed by atoms with van der Waals surface area (Å²) >= 11 is 12.5. The number of amides is 1. The molecule has 4 aromatic rings. The van der Waals surface area contributed by atoms with E-state index in [0.29, 0.717) is 34.4 Å². The van der Waals surface area contributed by atoms with Crippen molar-refractivity contribution in [3.63, 3.8) is 0 Å². The van der Waals surface area contributed by atoms with E-state index in [1.54, 1.807) is 24.0 Å². The van der Waals surface area contributed by atoms with Gasteiger partial charge in [-0.3, -0.25) is 9.48 Å². The van der Waals surface area contributed by atoms with Crippen molar-refractivity contribution in [2.24, 2.45) is 14.1 Å². The first-order valence-corrected chi connectivity index (χ1v) is 10.7. The maximum atomic E-state index is 13.5. The molecule has 9 heteroatoms. The normalized spacial score (nSPS) is 16.0. The molecular formula is C22H20Cl2N6O. The molecule has 0 N–H and O–H groups in total. The van der Waals surface area contributed by atoms with E-state index in [1.807, 2.05) is 47.8 Å². The molecule has 4 heterocycles. The zero-order valence-corrected chi connectivity index (χ0v) is 18.8. The summed E-state index contributed by atoms with van der Waals surface area (Å²) in [5.74, 6) is -0.116. The standard InChI is InChI=1S/C22H20Cl2N6O/c1-12-18-16(20(28(2)26-18)13-9-14(23)11-15(24)10-13)6-8-30(12)22(31)19-17-5-4-7-25-21(17)29(3)27-19/h4-5,7,9-12H,6,8H2,1-3H3/t12-/m0/s1. The number of aromatic nitrogens is 5. The molecule has 0 aliphatic carbocycles. The summed E-state index contributed by atoms with van der Waals surface area (Å²) < 4.78 is 3.49. The molecule has 5 rings (SSSR count). The van der Waals surface area contributed by atoms with Crippen LogP contribution in [0.15, 0.2) is 36.5 Å². The Morgan fingerprint density at radius 2 is 1.84 bits per heavy atom. The minimum atomic E-state index is -0.195. The van der Waals surface area contributed by atoms with Gasteiger partial charge in [0.25, 0.3) is 5.91 Å². The highest BCUT2D eigenvalue weighted by Gasteiger charge is 2.35. The quantitative estimate of drug-likeness (QED) is 0.448. The largest absolute Gasteiger partial charge is 0.328 e. The number of halogens is 2. The van der Waals surface area contributed by atoms with Crippen molar-refractivity contribution in [3.05, 3.63) is 63.5 Å². The van der Waals surface area contributed by atoms with Gasteiger partial charge < -0.3 is 4.90 Å². The Kier molecular flexibility index (Phi) is 4.75. The summed E-state index contributed by atoms with van der Waals surface area (Å²) in [6.45, 7) is 2.57. The molecule has 0 bridgehead atoms. The fourth-order valence-corrected chi connectivity index (χ4v) is 4.98. The maximum absolute atomic E-state index is 13.5. The number of hydrogen-bond donors (Lipinski definition) is 0. The Hall–Kier alpha value is -2.90. The van der Waals surface area contributed by atoms with Crippen molar-refractivity contribution in [1.82, 2.24) is 29.4 Å². The van der Waals surface area contributed by atoms with E-state index in [2.05, 4.69) is 10.1 Å². The van der Waals surface area contributed by atoms with Gasteiger partial charge in [-0.25, -0.2) is 9.67 Å². The number of pyridine rings is 1. The first kappa shape index (κ1) is 20.0. The molecule has 1 atom stereocenters. The van der Waals surface area contributed by atoms with Crippen molar-refractivity contribution in [3.8, 4) is 11.3 Å². The van der Waals surface area contributed by atoms with Crippen LogP contribution in [0.3, 0.4) is 0 Å². The second kappa shape index (κ2) is 7.35. The number of hydrogen-bond acceptors (Lipinski definition) is 4. The molecule has 3 aromatic heterocycles. The van der Waals surface area contributed by atoms with Crippen LogP contribution in [0.1, 0.15) is 34.7 Å². The first-order chi connectivity index (χ1) is 14.8. The first-order valence-electron chi connectivity index (χ1n) is 9.96. The summed E-state index contributed by atoms with van der Waals surface area (Å²) in [7, 11) is 3.70. The molecule has 1 amide bonds. The topological polar surface area (TPSA) is 68.8 Å². The van der Waals surface area contributed by atoms with Crippen LogP contribution in [-0.2, 0) is 20.5 Å². The predicted octanol–water partition coefficient (Wildman–Crippen LogP) is 4.44. The van der Waals surface area contributed by atoms with Gasteiger partial charge in [0.15, 0.2) is 11.3 Å². The number of benzene rings is 1. The molecule has 1 aliphatic heterocycles. The molecule has 0 radical (unpaired) electrons. The van der Waals surface area contributed by atoms with Crippen molar-refractivity contribution in [2.45, 2.75) is 19.4 Å². The Bertz CT molecular complexity index is 1320. The average molecular weight is 455 g/mol. The highest BCUT2D eigenvalue weighted by molar-refractivity contribution is 6.35. The number of aryl methyl sites for hydroxylation is 2. The Labute approximate surface area is 189 Å². The zero-order valence-electron chi connectivity index (χ0n) is 17.3. The predicted molar refractivity (Wildman–Crippen MR) is 120 cm³/mol. The van der Waals surface area contributed by atoms with Crippen LogP contribution >= 0.6 is 23.2 Å². The van der Waals surface area contributed by atoms with Crippen LogP contribution in [0.2, 0.25) is 10.0 Å². The molecular weight excluding hydrogens is 435 g/mol. The Morgan fingerprint density at radius 3 is 2.58 bits per heavy atom. The van der Waals surface area contributed by atoms with Crippen LogP contribution in [0.4, 0.5) is 0 Å². The van der Waals surface area contributed by atoms with E-state index >= 15 is 0 Å². The molecule has 0 saturated heterocycles. The van der Waals surface area contributed by atoms with E-state index in [0.717, 1.165) is 27.9 Å². The molecule has 158 valence electrons.